The van der Waals surface area contributed by atoms with Crippen LogP contribution in [0.4, 0.5) is 0 Å². The zero-order valence-electron chi connectivity index (χ0n) is 10.7. The third-order valence-corrected chi connectivity index (χ3v) is 3.20. The van der Waals surface area contributed by atoms with Crippen LogP contribution in [0.15, 0.2) is 11.2 Å². The van der Waals surface area contributed by atoms with Crippen molar-refractivity contribution in [2.75, 3.05) is 0 Å². The molecule has 0 bridgehead atoms. The molecule has 0 aliphatic carbocycles. The Morgan fingerprint density at radius 3 is 2.47 bits per heavy atom. The van der Waals surface area contributed by atoms with Crippen LogP contribution in [0.2, 0.25) is 0 Å². The molecule has 1 aromatic heterocycles. The predicted octanol–water partition coefficient (Wildman–Crippen LogP) is 2.21. The summed E-state index contributed by atoms with van der Waals surface area (Å²) in [7, 11) is 0. The number of thioether (sulfide) groups is 1. The van der Waals surface area contributed by atoms with Gasteiger partial charge in [0.15, 0.2) is 5.16 Å². The molecule has 0 amide bonds. The monoisotopic (exact) mass is 250 g/mol. The van der Waals surface area contributed by atoms with E-state index in [1.165, 1.54) is 0 Å². The van der Waals surface area contributed by atoms with E-state index in [0.717, 1.165) is 16.5 Å². The van der Waals surface area contributed by atoms with Crippen LogP contribution in [0.25, 0.3) is 0 Å². The molecule has 5 heteroatoms. The van der Waals surface area contributed by atoms with Gasteiger partial charge < -0.3 is 5.73 Å². The third kappa shape index (κ3) is 4.72. The Balaban J connectivity index is 2.69. The van der Waals surface area contributed by atoms with Gasteiger partial charge in [0, 0.05) is 16.6 Å². The third-order valence-electron chi connectivity index (χ3n) is 2.24. The predicted molar refractivity (Wildman–Crippen MR) is 69.6 cm³/mol. The van der Waals surface area contributed by atoms with Gasteiger partial charge in [-0.3, -0.25) is 0 Å². The van der Waals surface area contributed by atoms with E-state index < -0.39 is 5.54 Å². The van der Waals surface area contributed by atoms with Crippen molar-refractivity contribution in [1.82, 2.24) is 9.97 Å². The van der Waals surface area contributed by atoms with Crippen molar-refractivity contribution in [3.63, 3.8) is 0 Å². The Bertz CT molecular complexity index is 416. The number of hydrogen-bond donors (Lipinski definition) is 1. The Morgan fingerprint density at radius 2 is 2.00 bits per heavy atom. The van der Waals surface area contributed by atoms with Gasteiger partial charge in [0.25, 0.3) is 0 Å². The molecule has 1 aromatic rings. The summed E-state index contributed by atoms with van der Waals surface area (Å²) >= 11 is 1.56. The fourth-order valence-electron chi connectivity index (χ4n) is 1.61. The maximum Gasteiger partial charge on any atom is 0.188 e. The van der Waals surface area contributed by atoms with Crippen LogP contribution in [-0.4, -0.2) is 20.8 Å². The number of nitrogens with zero attached hydrogens (tertiary/aromatic N) is 3. The first-order valence-corrected chi connectivity index (χ1v) is 6.39. The van der Waals surface area contributed by atoms with Crippen LogP contribution >= 0.6 is 11.8 Å². The van der Waals surface area contributed by atoms with Gasteiger partial charge in [0.2, 0.25) is 0 Å². The van der Waals surface area contributed by atoms with Crippen LogP contribution in [0.1, 0.15) is 31.7 Å². The molecule has 0 aromatic carbocycles. The molecule has 2 atom stereocenters. The summed E-state index contributed by atoms with van der Waals surface area (Å²) in [5.41, 5.74) is 6.95. The Labute approximate surface area is 107 Å². The summed E-state index contributed by atoms with van der Waals surface area (Å²) in [5, 5.41) is 9.85. The van der Waals surface area contributed by atoms with E-state index in [-0.39, 0.29) is 5.25 Å². The van der Waals surface area contributed by atoms with E-state index >= 15 is 0 Å². The molecular formula is C12H18N4S. The molecule has 0 spiro atoms. The topological polar surface area (TPSA) is 75.6 Å². The molecule has 4 nitrogen and oxygen atoms in total. The van der Waals surface area contributed by atoms with Crippen LogP contribution in [0.3, 0.4) is 0 Å². The summed E-state index contributed by atoms with van der Waals surface area (Å²) in [6, 6.07) is 4.05. The standard InChI is InChI=1S/C12H18N4S/c1-8-5-9(2)16-11(15-8)17-10(3)6-12(4,14)7-13/h5,10H,6,14H2,1-4H3. The maximum absolute atomic E-state index is 8.88. The minimum absolute atomic E-state index is 0.214. The molecule has 0 fully saturated rings. The smallest absolute Gasteiger partial charge is 0.188 e. The lowest BCUT2D eigenvalue weighted by atomic mass is 10.00. The highest BCUT2D eigenvalue weighted by atomic mass is 32.2. The average molecular weight is 250 g/mol. The summed E-state index contributed by atoms with van der Waals surface area (Å²) in [5.74, 6) is 0. The molecule has 0 saturated carbocycles. The van der Waals surface area contributed by atoms with E-state index in [1.54, 1.807) is 18.7 Å². The van der Waals surface area contributed by atoms with Crippen molar-refractivity contribution in [1.29, 1.82) is 5.26 Å². The molecule has 0 saturated heterocycles. The second-order valence-electron chi connectivity index (χ2n) is 4.60. The van der Waals surface area contributed by atoms with Gasteiger partial charge in [0.05, 0.1) is 6.07 Å². The lowest BCUT2D eigenvalue weighted by Gasteiger charge is -2.19. The van der Waals surface area contributed by atoms with E-state index in [2.05, 4.69) is 16.0 Å². The summed E-state index contributed by atoms with van der Waals surface area (Å²) < 4.78 is 0. The lowest BCUT2D eigenvalue weighted by Crippen LogP contribution is -2.36. The quantitative estimate of drug-likeness (QED) is 0.655. The first kappa shape index (κ1) is 13.9. The van der Waals surface area contributed by atoms with Gasteiger partial charge in [-0.05, 0) is 33.3 Å². The number of nitriles is 1. The normalized spacial score (nSPS) is 16.0. The molecule has 0 aliphatic rings. The molecule has 2 N–H and O–H groups in total. The Morgan fingerprint density at radius 1 is 1.47 bits per heavy atom. The van der Waals surface area contributed by atoms with Gasteiger partial charge in [-0.1, -0.05) is 18.7 Å². The van der Waals surface area contributed by atoms with Crippen LogP contribution < -0.4 is 5.73 Å². The summed E-state index contributed by atoms with van der Waals surface area (Å²) in [6.07, 6.45) is 0.616. The largest absolute Gasteiger partial charge is 0.314 e. The molecule has 2 unspecified atom stereocenters. The first-order valence-electron chi connectivity index (χ1n) is 5.51. The highest BCUT2D eigenvalue weighted by Gasteiger charge is 2.22. The first-order chi connectivity index (χ1) is 7.82. The van der Waals surface area contributed by atoms with E-state index in [4.69, 9.17) is 11.0 Å². The molecule has 0 aliphatic heterocycles. The second-order valence-corrected chi connectivity index (χ2v) is 6.00. The number of hydrogen-bond acceptors (Lipinski definition) is 5. The van der Waals surface area contributed by atoms with Crippen LogP contribution in [0, 0.1) is 25.2 Å². The highest BCUT2D eigenvalue weighted by molar-refractivity contribution is 7.99. The molecule has 1 heterocycles. The molecule has 92 valence electrons. The van der Waals surface area contributed by atoms with Gasteiger partial charge in [-0.25, -0.2) is 9.97 Å². The van der Waals surface area contributed by atoms with Crippen molar-refractivity contribution in [3.05, 3.63) is 17.5 Å². The van der Waals surface area contributed by atoms with Crippen molar-refractivity contribution >= 4 is 11.8 Å². The van der Waals surface area contributed by atoms with Crippen molar-refractivity contribution in [2.45, 2.75) is 50.1 Å². The zero-order chi connectivity index (χ0) is 13.1. The SMILES string of the molecule is Cc1cc(C)nc(SC(C)CC(C)(N)C#N)n1. The average Bonchev–Trinajstić information content (AvgIpc) is 2.14. The molecule has 1 rings (SSSR count). The summed E-state index contributed by atoms with van der Waals surface area (Å²) in [6.45, 7) is 7.68. The Hall–Kier alpha value is -1.12. The fourth-order valence-corrected chi connectivity index (χ4v) is 2.79. The number of aromatic nitrogens is 2. The second kappa shape index (κ2) is 5.48. The van der Waals surface area contributed by atoms with E-state index in [1.807, 2.05) is 26.8 Å². The summed E-state index contributed by atoms with van der Waals surface area (Å²) in [4.78, 5) is 8.72. The van der Waals surface area contributed by atoms with Gasteiger partial charge in [-0.15, -0.1) is 0 Å². The van der Waals surface area contributed by atoms with Gasteiger partial charge in [-0.2, -0.15) is 5.26 Å². The number of aryl methyl sites for hydroxylation is 2. The van der Waals surface area contributed by atoms with Crippen molar-refractivity contribution in [2.24, 2.45) is 5.73 Å². The lowest BCUT2D eigenvalue weighted by molar-refractivity contribution is 0.545. The van der Waals surface area contributed by atoms with Crippen molar-refractivity contribution < 1.29 is 0 Å². The van der Waals surface area contributed by atoms with Crippen LogP contribution in [-0.2, 0) is 0 Å². The van der Waals surface area contributed by atoms with E-state index in [9.17, 15) is 0 Å². The minimum Gasteiger partial charge on any atom is -0.314 e. The number of nitrogens with two attached hydrogens (primary N) is 1. The minimum atomic E-state index is -0.786. The van der Waals surface area contributed by atoms with Gasteiger partial charge >= 0.3 is 0 Å². The zero-order valence-corrected chi connectivity index (χ0v) is 11.5. The van der Waals surface area contributed by atoms with E-state index in [0.29, 0.717) is 6.42 Å². The highest BCUT2D eigenvalue weighted by Crippen LogP contribution is 2.25. The van der Waals surface area contributed by atoms with Crippen LogP contribution in [0.5, 0.6) is 0 Å². The number of rotatable bonds is 4. The fraction of sp³-hybridized carbons (Fsp3) is 0.583. The Kier molecular flexibility index (Phi) is 4.49. The molecule has 0 radical (unpaired) electrons. The molecular weight excluding hydrogens is 232 g/mol. The van der Waals surface area contributed by atoms with Gasteiger partial charge in [0.1, 0.15) is 5.54 Å². The van der Waals surface area contributed by atoms with Crippen molar-refractivity contribution in [3.8, 4) is 6.07 Å². The molecule has 17 heavy (non-hydrogen) atoms. The maximum atomic E-state index is 8.88.